The lowest BCUT2D eigenvalue weighted by Crippen LogP contribution is -2.36. The summed E-state index contributed by atoms with van der Waals surface area (Å²) in [6.45, 7) is 12.1. The molecule has 4 heteroatoms. The van der Waals surface area contributed by atoms with Crippen molar-refractivity contribution in [2.45, 2.75) is 95.6 Å². The summed E-state index contributed by atoms with van der Waals surface area (Å²) in [5, 5.41) is 12.7. The van der Waals surface area contributed by atoms with Crippen molar-refractivity contribution in [3.63, 3.8) is 0 Å². The van der Waals surface area contributed by atoms with Crippen LogP contribution in [0.3, 0.4) is 0 Å². The van der Waals surface area contributed by atoms with Gasteiger partial charge in [0, 0.05) is 38.0 Å². The minimum Gasteiger partial charge on any atom is -0.396 e. The molecule has 0 saturated carbocycles. The number of hydrogen-bond donors (Lipinski definition) is 2. The largest absolute Gasteiger partial charge is 0.396 e. The fraction of sp³-hybridized carbons (Fsp3) is 0.633. The number of piperidine rings is 1. The van der Waals surface area contributed by atoms with Crippen LogP contribution in [0.25, 0.3) is 11.1 Å². The second-order valence-electron chi connectivity index (χ2n) is 12.3. The molecule has 2 fully saturated rings. The van der Waals surface area contributed by atoms with Gasteiger partial charge in [-0.3, -0.25) is 0 Å². The highest BCUT2D eigenvalue weighted by Crippen LogP contribution is 2.47. The Bertz CT molecular complexity index is 1010. The third-order valence-corrected chi connectivity index (χ3v) is 8.96. The molecule has 0 radical (unpaired) electrons. The highest BCUT2D eigenvalue weighted by atomic mass is 16.2. The van der Waals surface area contributed by atoms with Crippen LogP contribution in [0.5, 0.6) is 0 Å². The molecule has 2 aromatic rings. The molecule has 0 amide bonds. The van der Waals surface area contributed by atoms with Gasteiger partial charge in [0.15, 0.2) is 0 Å². The van der Waals surface area contributed by atoms with Crippen LogP contribution in [-0.4, -0.2) is 41.9 Å². The Balaban J connectivity index is 1.27. The van der Waals surface area contributed by atoms with Crippen LogP contribution in [0.2, 0.25) is 0 Å². The van der Waals surface area contributed by atoms with Crippen LogP contribution < -0.4 is 10.2 Å². The van der Waals surface area contributed by atoms with Gasteiger partial charge in [-0.05, 0) is 96.1 Å². The number of unbranched alkanes of at least 4 members (excludes halogenated alkanes) is 1. The minimum absolute atomic E-state index is 0.228. The standard InChI is InChI=1S/C30H43N3O/c1-29(2)13-14-30(3,4)25-19-22(8-9-24(25)29)23-10-15-31-27(20-23)33-16-11-21(12-17-33)28-26(32-28)7-5-6-18-34/h8-10,15,19-21,26,28,32,34H,5-7,11-14,16-18H2,1-4H3. The van der Waals surface area contributed by atoms with Gasteiger partial charge in [0.25, 0.3) is 0 Å². The van der Waals surface area contributed by atoms with Crippen molar-refractivity contribution in [3.8, 4) is 11.1 Å². The van der Waals surface area contributed by atoms with Crippen molar-refractivity contribution < 1.29 is 5.11 Å². The first-order valence-corrected chi connectivity index (χ1v) is 13.5. The van der Waals surface area contributed by atoms with E-state index in [9.17, 15) is 0 Å². The van der Waals surface area contributed by atoms with E-state index in [0.717, 1.165) is 37.7 Å². The Labute approximate surface area is 206 Å². The average molecular weight is 462 g/mol. The molecule has 34 heavy (non-hydrogen) atoms. The highest BCUT2D eigenvalue weighted by molar-refractivity contribution is 5.69. The highest BCUT2D eigenvalue weighted by Gasteiger charge is 2.42. The molecule has 2 aliphatic heterocycles. The van der Waals surface area contributed by atoms with E-state index in [1.165, 1.54) is 54.4 Å². The fourth-order valence-electron chi connectivity index (χ4n) is 6.42. The maximum Gasteiger partial charge on any atom is 0.129 e. The van der Waals surface area contributed by atoms with Crippen molar-refractivity contribution in [3.05, 3.63) is 47.7 Å². The Morgan fingerprint density at radius 2 is 1.65 bits per heavy atom. The Hall–Kier alpha value is -1.91. The average Bonchev–Trinajstić information content (AvgIpc) is 3.62. The zero-order chi connectivity index (χ0) is 23.9. The third kappa shape index (κ3) is 4.77. The van der Waals surface area contributed by atoms with E-state index in [0.29, 0.717) is 18.7 Å². The number of hydrogen-bond acceptors (Lipinski definition) is 4. The van der Waals surface area contributed by atoms with Crippen LogP contribution in [0.4, 0.5) is 5.82 Å². The molecular weight excluding hydrogens is 418 g/mol. The monoisotopic (exact) mass is 461 g/mol. The summed E-state index contributed by atoms with van der Waals surface area (Å²) in [6.07, 6.45) is 10.2. The number of aromatic nitrogens is 1. The Morgan fingerprint density at radius 1 is 0.941 bits per heavy atom. The molecule has 2 saturated heterocycles. The summed E-state index contributed by atoms with van der Waals surface area (Å²) in [7, 11) is 0. The molecule has 1 aromatic carbocycles. The van der Waals surface area contributed by atoms with Crippen LogP contribution in [0.1, 0.15) is 83.8 Å². The summed E-state index contributed by atoms with van der Waals surface area (Å²) in [4.78, 5) is 7.25. The summed E-state index contributed by atoms with van der Waals surface area (Å²) in [5.74, 6) is 1.90. The predicted molar refractivity (Wildman–Crippen MR) is 142 cm³/mol. The van der Waals surface area contributed by atoms with Gasteiger partial charge in [0.1, 0.15) is 5.82 Å². The van der Waals surface area contributed by atoms with Gasteiger partial charge < -0.3 is 15.3 Å². The first kappa shape index (κ1) is 23.8. The van der Waals surface area contributed by atoms with E-state index >= 15 is 0 Å². The normalized spacial score (nSPS) is 25.7. The minimum atomic E-state index is 0.228. The quantitative estimate of drug-likeness (QED) is 0.403. The first-order chi connectivity index (χ1) is 16.3. The van der Waals surface area contributed by atoms with Gasteiger partial charge >= 0.3 is 0 Å². The first-order valence-electron chi connectivity index (χ1n) is 13.5. The van der Waals surface area contributed by atoms with Crippen LogP contribution in [-0.2, 0) is 10.8 Å². The molecule has 3 aliphatic rings. The van der Waals surface area contributed by atoms with Gasteiger partial charge in [0.2, 0.25) is 0 Å². The molecule has 1 aromatic heterocycles. The van der Waals surface area contributed by atoms with Crippen LogP contribution >= 0.6 is 0 Å². The van der Waals surface area contributed by atoms with E-state index in [1.54, 1.807) is 0 Å². The van der Waals surface area contributed by atoms with Gasteiger partial charge in [-0.25, -0.2) is 4.98 Å². The molecule has 1 aliphatic carbocycles. The smallest absolute Gasteiger partial charge is 0.129 e. The van der Waals surface area contributed by atoms with E-state index in [4.69, 9.17) is 10.1 Å². The van der Waals surface area contributed by atoms with Crippen molar-refractivity contribution in [2.24, 2.45) is 5.92 Å². The molecule has 0 spiro atoms. The SMILES string of the molecule is CC1(C)CCC(C)(C)c2cc(-c3ccnc(N4CCC(C5NC5CCCCO)CC4)c3)ccc21. The number of aliphatic hydroxyl groups is 1. The summed E-state index contributed by atoms with van der Waals surface area (Å²) in [6, 6.07) is 13.0. The number of fused-ring (bicyclic) bond motifs is 1. The molecule has 0 bridgehead atoms. The van der Waals surface area contributed by atoms with Crippen molar-refractivity contribution >= 4 is 5.82 Å². The number of nitrogens with one attached hydrogen (secondary N) is 1. The zero-order valence-corrected chi connectivity index (χ0v) is 21.6. The third-order valence-electron chi connectivity index (χ3n) is 8.96. The zero-order valence-electron chi connectivity index (χ0n) is 21.6. The van der Waals surface area contributed by atoms with Gasteiger partial charge in [-0.15, -0.1) is 0 Å². The molecule has 2 atom stereocenters. The van der Waals surface area contributed by atoms with Crippen LogP contribution in [0.15, 0.2) is 36.5 Å². The van der Waals surface area contributed by atoms with Gasteiger partial charge in [0.05, 0.1) is 0 Å². The summed E-state index contributed by atoms with van der Waals surface area (Å²) >= 11 is 0. The van der Waals surface area contributed by atoms with Crippen LogP contribution in [0, 0.1) is 5.92 Å². The number of benzene rings is 1. The summed E-state index contributed by atoms with van der Waals surface area (Å²) < 4.78 is 0. The predicted octanol–water partition coefficient (Wildman–Crippen LogP) is 5.82. The van der Waals surface area contributed by atoms with E-state index < -0.39 is 0 Å². The number of nitrogens with zero attached hydrogens (tertiary/aromatic N) is 2. The number of aliphatic hydroxyl groups excluding tert-OH is 1. The maximum atomic E-state index is 9.01. The van der Waals surface area contributed by atoms with E-state index in [-0.39, 0.29) is 10.8 Å². The van der Waals surface area contributed by atoms with Gasteiger partial charge in [-0.2, -0.15) is 0 Å². The van der Waals surface area contributed by atoms with E-state index in [1.807, 2.05) is 6.20 Å². The topological polar surface area (TPSA) is 58.3 Å². The Kier molecular flexibility index (Phi) is 6.50. The molecule has 2 unspecified atom stereocenters. The lowest BCUT2D eigenvalue weighted by molar-refractivity contribution is 0.282. The maximum absolute atomic E-state index is 9.01. The second kappa shape index (κ2) is 9.28. The number of rotatable bonds is 7. The fourth-order valence-corrected chi connectivity index (χ4v) is 6.42. The molecule has 4 nitrogen and oxygen atoms in total. The van der Waals surface area contributed by atoms with E-state index in [2.05, 4.69) is 68.2 Å². The van der Waals surface area contributed by atoms with Gasteiger partial charge in [-0.1, -0.05) is 45.9 Å². The Morgan fingerprint density at radius 3 is 2.38 bits per heavy atom. The van der Waals surface area contributed by atoms with Crippen molar-refractivity contribution in [2.75, 3.05) is 24.6 Å². The summed E-state index contributed by atoms with van der Waals surface area (Å²) in [5.41, 5.74) is 6.12. The molecular formula is C30H43N3O. The van der Waals surface area contributed by atoms with Crippen molar-refractivity contribution in [1.82, 2.24) is 10.3 Å². The molecule has 2 N–H and O–H groups in total. The molecule has 5 rings (SSSR count). The number of pyridine rings is 1. The second-order valence-corrected chi connectivity index (χ2v) is 12.3. The van der Waals surface area contributed by atoms with Crippen molar-refractivity contribution in [1.29, 1.82) is 0 Å². The lowest BCUT2D eigenvalue weighted by Gasteiger charge is -2.42. The number of anilines is 1. The lowest BCUT2D eigenvalue weighted by atomic mass is 9.63. The molecule has 3 heterocycles. The molecule has 184 valence electrons.